The summed E-state index contributed by atoms with van der Waals surface area (Å²) >= 11 is 0. The van der Waals surface area contributed by atoms with Gasteiger partial charge in [-0.15, -0.1) is 6.42 Å². The third-order valence-corrected chi connectivity index (χ3v) is 17.6. The van der Waals surface area contributed by atoms with E-state index in [1.165, 1.54) is 30.4 Å². The van der Waals surface area contributed by atoms with E-state index >= 15 is 0 Å². The molecule has 8 aliphatic rings. The third-order valence-electron chi connectivity index (χ3n) is 17.6. The molecule has 0 aromatic carbocycles. The van der Waals surface area contributed by atoms with Crippen LogP contribution in [0, 0.1) is 75.9 Å². The van der Waals surface area contributed by atoms with Crippen molar-refractivity contribution in [1.29, 1.82) is 0 Å². The summed E-state index contributed by atoms with van der Waals surface area (Å²) in [6, 6.07) is 0. The maximum Gasteiger partial charge on any atom is 0.307 e. The molecule has 8 aliphatic carbocycles. The lowest BCUT2D eigenvalue weighted by molar-refractivity contribution is -0.173. The van der Waals surface area contributed by atoms with Gasteiger partial charge in [0, 0.05) is 30.1 Å². The number of terminal acetylenes is 1. The van der Waals surface area contributed by atoms with E-state index in [2.05, 4.69) is 46.3 Å². The van der Waals surface area contributed by atoms with E-state index in [1.54, 1.807) is 5.57 Å². The largest absolute Gasteiger partial charge is 0.462 e. The predicted molar refractivity (Wildman–Crippen MR) is 203 cm³/mol. The highest BCUT2D eigenvalue weighted by Gasteiger charge is 2.66. The van der Waals surface area contributed by atoms with Crippen molar-refractivity contribution in [2.24, 2.45) is 63.6 Å². The van der Waals surface area contributed by atoms with Gasteiger partial charge in [0.05, 0.1) is 0 Å². The van der Waals surface area contributed by atoms with Gasteiger partial charge in [-0.05, 0) is 162 Å². The van der Waals surface area contributed by atoms with Gasteiger partial charge in [0.2, 0.25) is 0 Å². The van der Waals surface area contributed by atoms with Crippen molar-refractivity contribution in [3.63, 3.8) is 0 Å². The molecule has 6 saturated carbocycles. The van der Waals surface area contributed by atoms with Gasteiger partial charge < -0.3 is 9.47 Å². The molecule has 6 fully saturated rings. The van der Waals surface area contributed by atoms with Crippen LogP contribution in [-0.4, -0.2) is 29.4 Å². The highest BCUT2D eigenvalue weighted by atomic mass is 16.6. The summed E-state index contributed by atoms with van der Waals surface area (Å²) in [4.78, 5) is 39.1. The molecule has 0 aliphatic heterocycles. The lowest BCUT2D eigenvalue weighted by Gasteiger charge is -2.60. The van der Waals surface area contributed by atoms with E-state index in [0.29, 0.717) is 66.0 Å². The second kappa shape index (κ2) is 13.3. The SMILES string of the molecule is C#CC1(OC(=O)CCCC(=O)OC2CCC3C4C(C)CC5=CC(=C)CCC5(C)C4CCC23C)CCC2C3CCC4=CC(=O)CCC4C3CCC21CC. The van der Waals surface area contributed by atoms with E-state index in [1.807, 2.05) is 6.08 Å². The highest BCUT2D eigenvalue weighted by Crippen LogP contribution is 2.69. The van der Waals surface area contributed by atoms with Gasteiger partial charge in [-0.1, -0.05) is 63.0 Å². The summed E-state index contributed by atoms with van der Waals surface area (Å²) in [6.45, 7) is 13.9. The topological polar surface area (TPSA) is 69.7 Å². The van der Waals surface area contributed by atoms with Crippen molar-refractivity contribution in [1.82, 2.24) is 0 Å². The predicted octanol–water partition coefficient (Wildman–Crippen LogP) is 10.3. The van der Waals surface area contributed by atoms with Gasteiger partial charge >= 0.3 is 11.9 Å². The normalized spacial score (nSPS) is 46.2. The van der Waals surface area contributed by atoms with Crippen LogP contribution < -0.4 is 0 Å². The molecule has 13 unspecified atom stereocenters. The highest BCUT2D eigenvalue weighted by molar-refractivity contribution is 5.91. The molecule has 0 saturated heterocycles. The van der Waals surface area contributed by atoms with Crippen LogP contribution in [0.1, 0.15) is 150 Å². The zero-order valence-electron chi connectivity index (χ0n) is 32.6. The first-order valence-electron chi connectivity index (χ1n) is 21.4. The second-order valence-corrected chi connectivity index (χ2v) is 19.5. The molecule has 0 N–H and O–H groups in total. The van der Waals surface area contributed by atoms with Crippen molar-refractivity contribution < 1.29 is 23.9 Å². The van der Waals surface area contributed by atoms with Crippen LogP contribution in [0.15, 0.2) is 35.5 Å². The van der Waals surface area contributed by atoms with Gasteiger partial charge in [-0.2, -0.15) is 0 Å². The van der Waals surface area contributed by atoms with Gasteiger partial charge in [0.25, 0.3) is 0 Å². The minimum absolute atomic E-state index is 0.0239. The number of fused-ring (bicyclic) bond motifs is 10. The Hall–Kier alpha value is -2.61. The molecule has 0 radical (unpaired) electrons. The summed E-state index contributed by atoms with van der Waals surface area (Å²) < 4.78 is 12.8. The number of rotatable bonds is 7. The number of hydrogen-bond acceptors (Lipinski definition) is 5. The molecule has 0 heterocycles. The Morgan fingerprint density at radius 1 is 0.885 bits per heavy atom. The van der Waals surface area contributed by atoms with E-state index in [4.69, 9.17) is 15.9 Å². The van der Waals surface area contributed by atoms with Crippen molar-refractivity contribution in [3.05, 3.63) is 35.5 Å². The zero-order valence-corrected chi connectivity index (χ0v) is 32.6. The molecule has 5 heteroatoms. The first-order valence-corrected chi connectivity index (χ1v) is 21.4. The van der Waals surface area contributed by atoms with Crippen LogP contribution in [0.2, 0.25) is 0 Å². The van der Waals surface area contributed by atoms with Crippen LogP contribution in [-0.2, 0) is 23.9 Å². The molecule has 0 aromatic rings. The first kappa shape index (κ1) is 36.4. The molecule has 0 amide bonds. The van der Waals surface area contributed by atoms with E-state index in [9.17, 15) is 14.4 Å². The number of carbonyl (C=O) groups is 3. The van der Waals surface area contributed by atoms with Gasteiger partial charge in [0.1, 0.15) is 6.10 Å². The molecule has 5 nitrogen and oxygen atoms in total. The molecule has 8 rings (SSSR count). The maximum atomic E-state index is 13.6. The van der Waals surface area contributed by atoms with E-state index in [-0.39, 0.29) is 47.1 Å². The lowest BCUT2D eigenvalue weighted by Crippen LogP contribution is -2.55. The molecule has 282 valence electrons. The van der Waals surface area contributed by atoms with Crippen LogP contribution in [0.3, 0.4) is 0 Å². The van der Waals surface area contributed by atoms with Crippen LogP contribution in [0.5, 0.6) is 0 Å². The Morgan fingerprint density at radius 3 is 2.46 bits per heavy atom. The number of esters is 2. The fourth-order valence-electron chi connectivity index (χ4n) is 15.1. The lowest BCUT2D eigenvalue weighted by atomic mass is 9.45. The van der Waals surface area contributed by atoms with Gasteiger partial charge in [0.15, 0.2) is 11.4 Å². The minimum Gasteiger partial charge on any atom is -0.462 e. The number of ketones is 1. The number of hydrogen-bond donors (Lipinski definition) is 0. The summed E-state index contributed by atoms with van der Waals surface area (Å²) in [7, 11) is 0. The van der Waals surface area contributed by atoms with Crippen molar-refractivity contribution in [2.45, 2.75) is 161 Å². The average Bonchev–Trinajstić information content (AvgIpc) is 3.63. The molecular weight excluding hydrogens is 645 g/mol. The quantitative estimate of drug-likeness (QED) is 0.195. The molecule has 0 bridgehead atoms. The van der Waals surface area contributed by atoms with Gasteiger partial charge in [-0.25, -0.2) is 0 Å². The zero-order chi connectivity index (χ0) is 36.6. The number of allylic oxidation sites excluding steroid dienone is 4. The average molecular weight is 709 g/mol. The Bertz CT molecular complexity index is 1610. The monoisotopic (exact) mass is 708 g/mol. The van der Waals surface area contributed by atoms with Crippen LogP contribution in [0.4, 0.5) is 0 Å². The van der Waals surface area contributed by atoms with Crippen LogP contribution >= 0.6 is 0 Å². The standard InChI is InChI=1S/C47H64O5/c1-7-46-24-19-35-34-15-13-33(48)28-31(34)12-14-36(35)37(46)21-25-47(46,8-2)52-42(50)11-9-10-41(49)51-40-17-16-38-43-30(4)27-32-26-29(3)18-22-44(32,5)39(43)20-23-45(38,40)6/h2,26,28,30,34-40,43H,3,7,9-25,27H2,1,4-6H3. The molecule has 0 spiro atoms. The van der Waals surface area contributed by atoms with Gasteiger partial charge in [-0.3, -0.25) is 14.4 Å². The first-order chi connectivity index (χ1) is 24.9. The van der Waals surface area contributed by atoms with Crippen molar-refractivity contribution in [2.75, 3.05) is 0 Å². The molecule has 52 heavy (non-hydrogen) atoms. The second-order valence-electron chi connectivity index (χ2n) is 19.5. The summed E-state index contributed by atoms with van der Waals surface area (Å²) in [5.41, 5.74) is 3.55. The van der Waals surface area contributed by atoms with Crippen LogP contribution in [0.25, 0.3) is 0 Å². The molecule has 13 atom stereocenters. The Morgan fingerprint density at radius 2 is 1.67 bits per heavy atom. The van der Waals surface area contributed by atoms with Crippen molar-refractivity contribution >= 4 is 17.7 Å². The fraction of sp³-hybridized carbons (Fsp3) is 0.766. The van der Waals surface area contributed by atoms with Crippen molar-refractivity contribution in [3.8, 4) is 12.3 Å². The van der Waals surface area contributed by atoms with E-state index in [0.717, 1.165) is 77.0 Å². The number of carbonyl (C=O) groups excluding carboxylic acids is 3. The molecule has 0 aromatic heterocycles. The Kier molecular flexibility index (Phi) is 9.30. The third kappa shape index (κ3) is 5.48. The Labute approximate surface area is 313 Å². The maximum absolute atomic E-state index is 13.6. The minimum atomic E-state index is -0.880. The summed E-state index contributed by atoms with van der Waals surface area (Å²) in [5.74, 6) is 7.70. The number of ether oxygens (including phenoxy) is 2. The molecular formula is C47H64O5. The summed E-state index contributed by atoms with van der Waals surface area (Å²) in [5, 5.41) is 0. The summed E-state index contributed by atoms with van der Waals surface area (Å²) in [6.07, 6.45) is 28.0. The Balaban J connectivity index is 0.864. The van der Waals surface area contributed by atoms with E-state index < -0.39 is 5.60 Å². The fourth-order valence-corrected chi connectivity index (χ4v) is 15.1. The smallest absolute Gasteiger partial charge is 0.307 e.